The second kappa shape index (κ2) is 73.3. The van der Waals surface area contributed by atoms with Gasteiger partial charge in [0.15, 0.2) is 0 Å². The third-order valence-electron chi connectivity index (χ3n) is 25.1. The maximum atomic E-state index is 15.1. The number of carbonyl (C=O) groups is 20. The second-order valence-electron chi connectivity index (χ2n) is 35.2. The van der Waals surface area contributed by atoms with Gasteiger partial charge in [-0.1, -0.05) is 0 Å². The molecule has 0 aromatic rings. The van der Waals surface area contributed by atoms with Crippen molar-refractivity contribution in [3.63, 3.8) is 0 Å². The van der Waals surface area contributed by atoms with Gasteiger partial charge in [-0.05, 0) is 27.7 Å². The molecule has 5 saturated heterocycles. The Morgan fingerprint density at radius 2 is 0.292 bits per heavy atom. The Morgan fingerprint density at radius 1 is 0.188 bits per heavy atom. The van der Waals surface area contributed by atoms with Gasteiger partial charge in [0.25, 0.3) is 0 Å². The Kier molecular flexibility index (Phi) is 69.3. The first kappa shape index (κ1) is 136. The van der Waals surface area contributed by atoms with Crippen LogP contribution < -0.4 is 46.8 Å². The smallest absolute Gasteiger partial charge is 0.549 e. The van der Waals surface area contributed by atoms with E-state index in [-0.39, 0.29) is 369 Å². The summed E-state index contributed by atoms with van der Waals surface area (Å²) in [7, 11) is 0. The summed E-state index contributed by atoms with van der Waals surface area (Å²) >= 11 is 0. The summed E-state index contributed by atoms with van der Waals surface area (Å²) in [5, 5.41) is 139. The summed E-state index contributed by atoms with van der Waals surface area (Å²) in [6.07, 6.45) is 0. The van der Waals surface area contributed by atoms with Gasteiger partial charge >= 0.3 is 202 Å². The van der Waals surface area contributed by atoms with Crippen molar-refractivity contribution in [1.29, 1.82) is 0 Å². The number of hydrogen-bond acceptors (Lipinski definition) is 41. The molecule has 5 fully saturated rings. The number of aliphatic carboxylic acids is 12. The van der Waals surface area contributed by atoms with Gasteiger partial charge in [0.1, 0.15) is 0 Å². The fourth-order valence-corrected chi connectivity index (χ4v) is 16.7. The summed E-state index contributed by atoms with van der Waals surface area (Å²) in [4.78, 5) is 292. The molecule has 812 valence electrons. The van der Waals surface area contributed by atoms with Crippen molar-refractivity contribution in [2.24, 2.45) is 0 Å². The summed E-state index contributed by atoms with van der Waals surface area (Å²) < 4.78 is 0. The van der Waals surface area contributed by atoms with Gasteiger partial charge < -0.3 is 126 Å². The average molecular weight is 2630 g/mol. The Hall–Kier alpha value is -5.94. The molecule has 5 aliphatic rings. The molecule has 0 aliphatic carbocycles. The van der Waals surface area contributed by atoms with E-state index < -0.39 is 300 Å². The maximum absolute atomic E-state index is 15.1. The van der Waals surface area contributed by atoms with Crippen LogP contribution in [0, 0.1) is 160 Å². The molecule has 60 heteroatoms. The first-order valence-corrected chi connectivity index (χ1v) is 46.6. The van der Waals surface area contributed by atoms with Crippen molar-refractivity contribution in [3.05, 3.63) is 0 Å². The minimum absolute atomic E-state index is 0. The van der Waals surface area contributed by atoms with Crippen LogP contribution in [0.4, 0.5) is 0 Å². The molecule has 144 heavy (non-hydrogen) atoms. The topological polar surface area (TPSA) is 711 Å². The summed E-state index contributed by atoms with van der Waals surface area (Å²) in [6.45, 7) is -7.26. The predicted octanol–water partition coefficient (Wildman–Crippen LogP) is -19.4. The Bertz CT molecular complexity index is 3510. The molecule has 4 atom stereocenters. The van der Waals surface area contributed by atoms with E-state index in [1.165, 1.54) is 106 Å². The van der Waals surface area contributed by atoms with E-state index in [0.29, 0.717) is 0 Å². The fraction of sp³-hybridized carbons (Fsp3) is 0.762. The molecule has 0 bridgehead atoms. The van der Waals surface area contributed by atoms with Crippen LogP contribution in [0.3, 0.4) is 0 Å². The molecular formula is C84H139Gd4N24O32+7. The van der Waals surface area contributed by atoms with Crippen molar-refractivity contribution in [3.8, 4) is 0 Å². The van der Waals surface area contributed by atoms with Gasteiger partial charge in [-0.15, -0.1) is 0 Å². The van der Waals surface area contributed by atoms with E-state index in [2.05, 4.69) is 21.3 Å². The fourth-order valence-electron chi connectivity index (χ4n) is 16.7. The Morgan fingerprint density at radius 3 is 0.396 bits per heavy atom. The van der Waals surface area contributed by atoms with E-state index in [4.69, 9.17) is 0 Å². The third kappa shape index (κ3) is 56.2. The van der Waals surface area contributed by atoms with Crippen LogP contribution in [0.2, 0.25) is 0 Å². The van der Waals surface area contributed by atoms with Gasteiger partial charge in [0, 0.05) is 295 Å². The maximum Gasteiger partial charge on any atom is 3.00 e. The molecule has 5 rings (SSSR count). The number of carboxylic acids is 12. The monoisotopic (exact) mass is 2630 g/mol. The van der Waals surface area contributed by atoms with Gasteiger partial charge in [-0.3, -0.25) is 150 Å². The van der Waals surface area contributed by atoms with Crippen LogP contribution in [0.15, 0.2) is 0 Å². The molecule has 0 saturated carbocycles. The molecule has 4 radical (unpaired) electrons. The van der Waals surface area contributed by atoms with E-state index in [9.17, 15) is 138 Å². The van der Waals surface area contributed by atoms with Crippen molar-refractivity contribution in [2.45, 2.75) is 51.9 Å². The minimum atomic E-state index is -1.47. The van der Waals surface area contributed by atoms with E-state index in [1.807, 2.05) is 0 Å². The predicted molar refractivity (Wildman–Crippen MR) is 478 cm³/mol. The Labute approximate surface area is 963 Å². The van der Waals surface area contributed by atoms with Crippen LogP contribution >= 0.6 is 0 Å². The molecule has 11 N–H and O–H groups in total. The number of carboxylic acid groups (broad SMARTS) is 12. The first-order chi connectivity index (χ1) is 66.2. The zero-order valence-corrected chi connectivity index (χ0v) is 90.7. The number of nitrogens with zero attached hydrogens (tertiary/aromatic N) is 20. The van der Waals surface area contributed by atoms with Crippen molar-refractivity contribution < 1.29 is 317 Å². The molecule has 0 spiro atoms. The Balaban J connectivity index is 0.0000259. The zero-order valence-electron chi connectivity index (χ0n) is 81.6. The van der Waals surface area contributed by atoms with Crippen LogP contribution in [-0.4, -0.2) is 643 Å². The number of hydrogen-bond donors (Lipinski definition) is 11. The second-order valence-corrected chi connectivity index (χ2v) is 35.2. The SMILES string of the molecule is CC(C(=O)NCC(=O)N1CCN(C(=O)CNC(=O)C(C)N2CCN(CC(=O)[O-])CCN(CC(=O)[O-])CCN(CC(=O)O)CC2)CCN(C(=O)CNC(=O)C(C)N2CCN(CC(=O)O)CCN(CC(=O)[O-])CCN(CC(=O)O)CC2)CCN(C(=O)CNC(=O)C(C)N2CCN(CC(=O)[O-])CCN(CC(=O)O)CCN(CC(=O)O)CC2)CC1)N1CCN(CC(=O)[O-])CCN(CC(=O)O)CCN(CC(=O)O)CC1.[Gd+3].[Gd+3].[Gd+3].[Gd+3]. The van der Waals surface area contributed by atoms with E-state index in [0.717, 1.165) is 0 Å². The largest absolute Gasteiger partial charge is 3.00 e. The number of nitrogens with one attached hydrogen (secondary N) is 4. The van der Waals surface area contributed by atoms with Gasteiger partial charge in [-0.2, -0.15) is 0 Å². The standard InChI is InChI=1S/C84H144N24O32.4Gd/c1-61(101-29-21-93(53-73(121)122)13-5-89(49-69(113)114)6-14-94(22-30-101)54-74(123)124)81(137)85-45-65(109)105-37-39-106(66(110)46-86-82(138)62(2)102-31-23-95(55-75(125)126)15-7-90(50-70(115)116)8-16-96(24-32-102)56-76(127)128)41-43-108(68(112)48-88-84(140)64(4)104-35-27-99(59-79(133)134)19-11-92(52-72(119)120)12-20-100(28-36-104)60-80(135)136)44-42-107(40-38-105)67(111)47-87-83(139)63(3)103-33-25-97(57-77(129)130)17-9-91(51-71(117)118)10-18-98(26-34-103)58-78(131)132;;;;/h61-64H,5-60H2,1-4H3,(H,85,137)(H,86,138)(H,87,139)(H,88,140)(H,113,114)(H,115,116)(H,117,118)(H,119,120)(H,121,122)(H,123,124)(H,125,126)(H,127,128)(H,129,130)(H,131,132)(H,133,134)(H,135,136);;;;/q;4*+3/p-5. The molecule has 56 nitrogen and oxygen atoms in total. The number of amides is 8. The normalized spacial score (nSPS) is 19.8. The first-order valence-electron chi connectivity index (χ1n) is 46.6. The van der Waals surface area contributed by atoms with Crippen LogP contribution in [0.1, 0.15) is 27.7 Å². The van der Waals surface area contributed by atoms with Crippen molar-refractivity contribution in [2.75, 3.05) is 367 Å². The summed E-state index contributed by atoms with van der Waals surface area (Å²) in [6, 6.07) is -4.60. The molecule has 0 aromatic heterocycles. The molecule has 5 heterocycles. The molecule has 0 aromatic carbocycles. The van der Waals surface area contributed by atoms with Gasteiger partial charge in [0.05, 0.1) is 126 Å². The van der Waals surface area contributed by atoms with E-state index in [1.54, 1.807) is 19.6 Å². The third-order valence-corrected chi connectivity index (χ3v) is 25.1. The van der Waals surface area contributed by atoms with Crippen LogP contribution in [0.5, 0.6) is 0 Å². The quantitative estimate of drug-likeness (QED) is 0.0271. The zero-order chi connectivity index (χ0) is 104. The average Bonchev–Trinajstić information content (AvgIpc) is 0.848. The summed E-state index contributed by atoms with van der Waals surface area (Å²) in [5.74, 6) is -22.2. The molecular weight excluding hydrogens is 2490 g/mol. The summed E-state index contributed by atoms with van der Waals surface area (Å²) in [5.41, 5.74) is 0. The molecule has 4 unspecified atom stereocenters. The van der Waals surface area contributed by atoms with Gasteiger partial charge in [-0.25, -0.2) is 0 Å². The number of carbonyl (C=O) groups excluding carboxylic acids is 13. The van der Waals surface area contributed by atoms with Crippen molar-refractivity contribution in [1.82, 2.24) is 119 Å². The van der Waals surface area contributed by atoms with Gasteiger partial charge in [0.2, 0.25) is 47.3 Å². The minimum Gasteiger partial charge on any atom is -0.549 e. The number of rotatable bonds is 40. The molecule has 8 amide bonds. The molecule has 5 aliphatic heterocycles. The van der Waals surface area contributed by atoms with Crippen LogP contribution in [-0.2, 0) is 95.9 Å². The van der Waals surface area contributed by atoms with Crippen molar-refractivity contribution >= 4 is 119 Å². The van der Waals surface area contributed by atoms with Crippen LogP contribution in [0.25, 0.3) is 0 Å². The van der Waals surface area contributed by atoms with E-state index >= 15 is 19.2 Å².